The van der Waals surface area contributed by atoms with E-state index in [1.54, 1.807) is 6.08 Å². The molecular formula is C70H133NO5. The Hall–Kier alpha value is -1.92. The second-order valence-corrected chi connectivity index (χ2v) is 23.5. The van der Waals surface area contributed by atoms with Crippen LogP contribution < -0.4 is 5.32 Å². The lowest BCUT2D eigenvalue weighted by atomic mass is 10.0. The van der Waals surface area contributed by atoms with Gasteiger partial charge in [0.2, 0.25) is 5.91 Å². The molecule has 0 aliphatic rings. The van der Waals surface area contributed by atoms with Crippen molar-refractivity contribution >= 4 is 11.9 Å². The predicted molar refractivity (Wildman–Crippen MR) is 333 cm³/mol. The van der Waals surface area contributed by atoms with Gasteiger partial charge in [-0.15, -0.1) is 0 Å². The summed E-state index contributed by atoms with van der Waals surface area (Å²) in [5, 5.41) is 23.0. The van der Waals surface area contributed by atoms with Gasteiger partial charge in [0.05, 0.1) is 25.4 Å². The molecule has 0 aromatic rings. The van der Waals surface area contributed by atoms with Crippen molar-refractivity contribution in [1.82, 2.24) is 5.32 Å². The van der Waals surface area contributed by atoms with Crippen LogP contribution in [0.2, 0.25) is 0 Å². The van der Waals surface area contributed by atoms with Gasteiger partial charge in [0.15, 0.2) is 0 Å². The SMILES string of the molecule is CCCCC/C=C\CCCCCCCC(=O)OCCCCCCCCCCCCCCCCCC/C=C\CCCCCCCCCCCCCCCCCCCC(=O)NC(CO)C(O)/C=C/CCCCCCCCCC. The molecule has 0 bridgehead atoms. The lowest BCUT2D eigenvalue weighted by molar-refractivity contribution is -0.143. The second kappa shape index (κ2) is 65.6. The fraction of sp³-hybridized carbons (Fsp3) is 0.886. The average molecular weight is 1070 g/mol. The molecule has 0 spiro atoms. The van der Waals surface area contributed by atoms with Crippen LogP contribution in [0.1, 0.15) is 373 Å². The third-order valence-electron chi connectivity index (χ3n) is 15.9. The fourth-order valence-electron chi connectivity index (χ4n) is 10.6. The van der Waals surface area contributed by atoms with Crippen molar-refractivity contribution in [2.24, 2.45) is 0 Å². The zero-order valence-corrected chi connectivity index (χ0v) is 51.3. The highest BCUT2D eigenvalue weighted by atomic mass is 16.5. The van der Waals surface area contributed by atoms with Crippen molar-refractivity contribution in [2.45, 2.75) is 386 Å². The maximum Gasteiger partial charge on any atom is 0.305 e. The standard InChI is InChI=1S/C70H133NO5/c1-3-5-7-9-11-13-15-44-48-52-56-60-64-70(75)76-65-61-57-53-49-45-42-40-38-36-34-32-30-28-26-24-22-20-18-16-17-19-21-23-25-27-29-31-33-35-37-39-41-43-47-51-55-59-63-69(74)71-67(66-72)68(73)62-58-54-50-46-14-12-10-8-6-4-2/h11,13,16,18,58,62,67-68,72-73H,3-10,12,14-15,17,19-57,59-61,63-66H2,1-2H3,(H,71,74)/b13-11-,18-16-,62-58+. The van der Waals surface area contributed by atoms with Gasteiger partial charge in [-0.25, -0.2) is 0 Å². The Morgan fingerprint density at radius 1 is 0.355 bits per heavy atom. The van der Waals surface area contributed by atoms with Gasteiger partial charge in [0.25, 0.3) is 0 Å². The molecule has 448 valence electrons. The Labute approximate surface area is 474 Å². The Morgan fingerprint density at radius 3 is 0.961 bits per heavy atom. The highest BCUT2D eigenvalue weighted by Gasteiger charge is 2.18. The summed E-state index contributed by atoms with van der Waals surface area (Å²) in [5.41, 5.74) is 0. The molecule has 0 aliphatic carbocycles. The summed E-state index contributed by atoms with van der Waals surface area (Å²) < 4.78 is 5.47. The first-order valence-electron chi connectivity index (χ1n) is 34.3. The molecule has 0 aromatic carbocycles. The van der Waals surface area contributed by atoms with Crippen LogP contribution in [-0.2, 0) is 14.3 Å². The lowest BCUT2D eigenvalue weighted by Gasteiger charge is -2.20. The summed E-state index contributed by atoms with van der Waals surface area (Å²) in [6.45, 7) is 4.88. The molecule has 6 heteroatoms. The number of allylic oxidation sites excluding steroid dienone is 5. The fourth-order valence-corrected chi connectivity index (χ4v) is 10.6. The normalized spacial score (nSPS) is 12.7. The van der Waals surface area contributed by atoms with E-state index in [-0.39, 0.29) is 18.5 Å². The highest BCUT2D eigenvalue weighted by Crippen LogP contribution is 2.18. The van der Waals surface area contributed by atoms with Crippen molar-refractivity contribution in [3.63, 3.8) is 0 Å². The van der Waals surface area contributed by atoms with Gasteiger partial charge >= 0.3 is 5.97 Å². The van der Waals surface area contributed by atoms with E-state index in [0.717, 1.165) is 44.9 Å². The van der Waals surface area contributed by atoms with Crippen LogP contribution in [0.5, 0.6) is 0 Å². The van der Waals surface area contributed by atoms with Crippen molar-refractivity contribution in [2.75, 3.05) is 13.2 Å². The van der Waals surface area contributed by atoms with E-state index in [1.807, 2.05) is 6.08 Å². The van der Waals surface area contributed by atoms with Gasteiger partial charge in [-0.2, -0.15) is 0 Å². The number of hydrogen-bond donors (Lipinski definition) is 3. The zero-order valence-electron chi connectivity index (χ0n) is 51.3. The van der Waals surface area contributed by atoms with Crippen LogP contribution in [0.25, 0.3) is 0 Å². The number of esters is 1. The Kier molecular flexibility index (Phi) is 63.9. The van der Waals surface area contributed by atoms with Crippen molar-refractivity contribution in [3.8, 4) is 0 Å². The molecule has 0 radical (unpaired) electrons. The van der Waals surface area contributed by atoms with Crippen LogP contribution in [0.4, 0.5) is 0 Å². The molecule has 0 fully saturated rings. The Balaban J connectivity index is 3.32. The minimum absolute atomic E-state index is 0.0111. The first-order chi connectivity index (χ1) is 37.5. The molecule has 0 aromatic heterocycles. The summed E-state index contributed by atoms with van der Waals surface area (Å²) >= 11 is 0. The molecule has 76 heavy (non-hydrogen) atoms. The summed E-state index contributed by atoms with van der Waals surface area (Å²) in [4.78, 5) is 24.4. The summed E-state index contributed by atoms with van der Waals surface area (Å²) in [7, 11) is 0. The topological polar surface area (TPSA) is 95.9 Å². The van der Waals surface area contributed by atoms with E-state index in [4.69, 9.17) is 4.74 Å². The second-order valence-electron chi connectivity index (χ2n) is 23.5. The van der Waals surface area contributed by atoms with Crippen LogP contribution in [0.15, 0.2) is 36.5 Å². The lowest BCUT2D eigenvalue weighted by Crippen LogP contribution is -2.45. The molecule has 0 aliphatic heterocycles. The summed E-state index contributed by atoms with van der Waals surface area (Å²) in [5.74, 6) is -0.0537. The van der Waals surface area contributed by atoms with E-state index < -0.39 is 12.1 Å². The molecule has 2 atom stereocenters. The highest BCUT2D eigenvalue weighted by molar-refractivity contribution is 5.76. The van der Waals surface area contributed by atoms with E-state index in [1.165, 1.54) is 302 Å². The van der Waals surface area contributed by atoms with Gasteiger partial charge in [0, 0.05) is 12.8 Å². The van der Waals surface area contributed by atoms with Crippen molar-refractivity contribution < 1.29 is 24.5 Å². The smallest absolute Gasteiger partial charge is 0.305 e. The number of rotatable bonds is 64. The minimum Gasteiger partial charge on any atom is -0.466 e. The maximum atomic E-state index is 12.4. The number of carbonyl (C=O) groups is 2. The van der Waals surface area contributed by atoms with Crippen LogP contribution in [0, 0.1) is 0 Å². The number of ether oxygens (including phenoxy) is 1. The molecule has 6 nitrogen and oxygen atoms in total. The van der Waals surface area contributed by atoms with Crippen LogP contribution in [-0.4, -0.2) is 47.4 Å². The minimum atomic E-state index is -0.839. The first kappa shape index (κ1) is 74.1. The molecular weight excluding hydrogens is 935 g/mol. The van der Waals surface area contributed by atoms with Gasteiger partial charge in [-0.3, -0.25) is 9.59 Å². The van der Waals surface area contributed by atoms with Gasteiger partial charge in [0.1, 0.15) is 0 Å². The number of amides is 1. The molecule has 2 unspecified atom stereocenters. The average Bonchev–Trinajstić information content (AvgIpc) is 3.42. The Morgan fingerprint density at radius 2 is 0.618 bits per heavy atom. The van der Waals surface area contributed by atoms with Crippen molar-refractivity contribution in [1.29, 1.82) is 0 Å². The number of unbranched alkanes of at least 4 members (excludes halogenated alkanes) is 49. The maximum absolute atomic E-state index is 12.4. The Bertz CT molecular complexity index is 1230. The molecule has 0 saturated heterocycles. The van der Waals surface area contributed by atoms with Gasteiger partial charge in [-0.05, 0) is 83.5 Å². The molecule has 0 rings (SSSR count). The molecule has 3 N–H and O–H groups in total. The van der Waals surface area contributed by atoms with Crippen molar-refractivity contribution in [3.05, 3.63) is 36.5 Å². The predicted octanol–water partition coefficient (Wildman–Crippen LogP) is 21.9. The number of nitrogens with one attached hydrogen (secondary N) is 1. The van der Waals surface area contributed by atoms with E-state index >= 15 is 0 Å². The monoisotopic (exact) mass is 1070 g/mol. The quantitative estimate of drug-likeness (QED) is 0.0320. The van der Waals surface area contributed by atoms with Gasteiger partial charge in [-0.1, -0.05) is 314 Å². The summed E-state index contributed by atoms with van der Waals surface area (Å²) in [6.07, 6.45) is 83.9. The van der Waals surface area contributed by atoms with E-state index in [2.05, 4.69) is 43.5 Å². The van der Waals surface area contributed by atoms with Gasteiger partial charge < -0.3 is 20.3 Å². The number of carbonyl (C=O) groups excluding carboxylic acids is 2. The number of hydrogen-bond acceptors (Lipinski definition) is 5. The van der Waals surface area contributed by atoms with E-state index in [9.17, 15) is 19.8 Å². The largest absolute Gasteiger partial charge is 0.466 e. The van der Waals surface area contributed by atoms with Crippen LogP contribution in [0.3, 0.4) is 0 Å². The molecule has 0 heterocycles. The molecule has 1 amide bonds. The summed E-state index contributed by atoms with van der Waals surface area (Å²) in [6, 6.07) is -0.623. The third-order valence-corrected chi connectivity index (χ3v) is 15.9. The first-order valence-corrected chi connectivity index (χ1v) is 34.3. The van der Waals surface area contributed by atoms with Crippen LogP contribution >= 0.6 is 0 Å². The number of aliphatic hydroxyl groups is 2. The molecule has 0 saturated carbocycles. The number of aliphatic hydroxyl groups excluding tert-OH is 2. The van der Waals surface area contributed by atoms with E-state index in [0.29, 0.717) is 19.4 Å². The third kappa shape index (κ3) is 61.3. The zero-order chi connectivity index (χ0) is 55.0.